The van der Waals surface area contributed by atoms with E-state index in [1.54, 1.807) is 13.2 Å². The van der Waals surface area contributed by atoms with E-state index in [0.29, 0.717) is 5.13 Å². The highest BCUT2D eigenvalue weighted by atomic mass is 32.1. The van der Waals surface area contributed by atoms with Crippen molar-refractivity contribution >= 4 is 28.5 Å². The van der Waals surface area contributed by atoms with Crippen molar-refractivity contribution in [2.45, 2.75) is 20.3 Å². The summed E-state index contributed by atoms with van der Waals surface area (Å²) in [5.74, 6) is 0.492. The van der Waals surface area contributed by atoms with Gasteiger partial charge in [0.2, 0.25) is 11.0 Å². The third kappa shape index (κ3) is 4.13. The van der Waals surface area contributed by atoms with Crippen LogP contribution in [-0.4, -0.2) is 23.2 Å². The van der Waals surface area contributed by atoms with Crippen LogP contribution in [0.4, 0.5) is 5.13 Å². The van der Waals surface area contributed by atoms with Gasteiger partial charge in [-0.2, -0.15) is 0 Å². The molecule has 2 rings (SSSR count). The van der Waals surface area contributed by atoms with E-state index in [1.807, 2.05) is 32.0 Å². The van der Waals surface area contributed by atoms with Crippen LogP contribution in [-0.2, 0) is 11.2 Å². The highest BCUT2D eigenvalue weighted by Crippen LogP contribution is 2.21. The summed E-state index contributed by atoms with van der Waals surface area (Å²) in [6.07, 6.45) is 4.00. The van der Waals surface area contributed by atoms with Crippen LogP contribution in [0.5, 0.6) is 5.75 Å². The van der Waals surface area contributed by atoms with Crippen LogP contribution >= 0.6 is 11.3 Å². The summed E-state index contributed by atoms with van der Waals surface area (Å²) in [7, 11) is 1.61. The number of aromatic nitrogens is 2. The molecule has 1 heterocycles. The molecule has 0 aliphatic carbocycles. The fraction of sp³-hybridized carbons (Fsp3) is 0.267. The summed E-state index contributed by atoms with van der Waals surface area (Å²) >= 11 is 1.38. The van der Waals surface area contributed by atoms with Gasteiger partial charge in [-0.25, -0.2) is 0 Å². The molecule has 2 aromatic rings. The Hall–Kier alpha value is -2.21. The first-order valence-corrected chi connectivity index (χ1v) is 7.40. The molecule has 0 bridgehead atoms. The minimum absolute atomic E-state index is 0.239. The lowest BCUT2D eigenvalue weighted by Crippen LogP contribution is -2.07. The lowest BCUT2D eigenvalue weighted by Gasteiger charge is -2.05. The number of methoxy groups -OCH3 is 1. The molecule has 0 fully saturated rings. The van der Waals surface area contributed by atoms with Gasteiger partial charge in [0.25, 0.3) is 0 Å². The summed E-state index contributed by atoms with van der Waals surface area (Å²) in [4.78, 5) is 11.9. The number of carbonyl (C=O) groups is 1. The van der Waals surface area contributed by atoms with E-state index >= 15 is 0 Å². The second kappa shape index (κ2) is 6.99. The summed E-state index contributed by atoms with van der Waals surface area (Å²) in [6.45, 7) is 3.99. The number of aryl methyl sites for hydroxylation is 2. The molecule has 21 heavy (non-hydrogen) atoms. The van der Waals surface area contributed by atoms with Crippen molar-refractivity contribution in [3.05, 3.63) is 40.4 Å². The van der Waals surface area contributed by atoms with Gasteiger partial charge in [0.05, 0.1) is 7.11 Å². The molecule has 1 N–H and O–H groups in total. The van der Waals surface area contributed by atoms with Gasteiger partial charge in [-0.3, -0.25) is 10.1 Å². The number of anilines is 1. The topological polar surface area (TPSA) is 64.1 Å². The molecule has 0 aliphatic heterocycles. The van der Waals surface area contributed by atoms with Crippen LogP contribution in [0.15, 0.2) is 24.3 Å². The third-order valence-corrected chi connectivity index (χ3v) is 3.78. The zero-order valence-corrected chi connectivity index (χ0v) is 13.0. The molecule has 0 unspecified atom stereocenters. The highest BCUT2D eigenvalue weighted by Gasteiger charge is 2.05. The summed E-state index contributed by atoms with van der Waals surface area (Å²) in [5.41, 5.74) is 1.96. The molecular formula is C15H17N3O2S. The molecular weight excluding hydrogens is 286 g/mol. The first kappa shape index (κ1) is 15.2. The number of carbonyl (C=O) groups excluding carboxylic acids is 1. The Morgan fingerprint density at radius 1 is 1.43 bits per heavy atom. The van der Waals surface area contributed by atoms with Crippen LogP contribution < -0.4 is 10.1 Å². The maximum absolute atomic E-state index is 11.9. The lowest BCUT2D eigenvalue weighted by atomic mass is 10.1. The van der Waals surface area contributed by atoms with Crippen molar-refractivity contribution in [3.63, 3.8) is 0 Å². The first-order chi connectivity index (χ1) is 10.1. The Morgan fingerprint density at radius 2 is 2.24 bits per heavy atom. The third-order valence-electron chi connectivity index (χ3n) is 2.80. The second-order valence-electron chi connectivity index (χ2n) is 4.42. The number of hydrogen-bond donors (Lipinski definition) is 1. The van der Waals surface area contributed by atoms with Crippen LogP contribution in [0, 0.1) is 6.92 Å². The normalized spacial score (nSPS) is 10.8. The van der Waals surface area contributed by atoms with Crippen LogP contribution in [0.2, 0.25) is 0 Å². The Kier molecular flexibility index (Phi) is 5.05. The number of rotatable bonds is 5. The highest BCUT2D eigenvalue weighted by molar-refractivity contribution is 7.15. The molecule has 1 aromatic heterocycles. The van der Waals surface area contributed by atoms with Crippen molar-refractivity contribution < 1.29 is 9.53 Å². The largest absolute Gasteiger partial charge is 0.496 e. The molecule has 6 heteroatoms. The van der Waals surface area contributed by atoms with Crippen molar-refractivity contribution in [2.24, 2.45) is 0 Å². The molecule has 1 amide bonds. The van der Waals surface area contributed by atoms with E-state index < -0.39 is 0 Å². The van der Waals surface area contributed by atoms with Gasteiger partial charge in [0.1, 0.15) is 10.8 Å². The molecule has 0 radical (unpaired) electrons. The maximum atomic E-state index is 11.9. The van der Waals surface area contributed by atoms with E-state index in [0.717, 1.165) is 28.3 Å². The van der Waals surface area contributed by atoms with Crippen molar-refractivity contribution in [2.75, 3.05) is 12.4 Å². The predicted octanol–water partition coefficient (Wildman–Crippen LogP) is 3.07. The zero-order chi connectivity index (χ0) is 15.2. The fourth-order valence-electron chi connectivity index (χ4n) is 1.74. The Morgan fingerprint density at radius 3 is 2.90 bits per heavy atom. The summed E-state index contributed by atoms with van der Waals surface area (Å²) in [5, 5.41) is 12.0. The number of benzene rings is 1. The minimum Gasteiger partial charge on any atom is -0.496 e. The van der Waals surface area contributed by atoms with Crippen LogP contribution in [0.1, 0.15) is 23.1 Å². The molecule has 0 aliphatic rings. The molecule has 0 atom stereocenters. The van der Waals surface area contributed by atoms with Crippen LogP contribution in [0.3, 0.4) is 0 Å². The molecule has 1 aromatic carbocycles. The number of ether oxygens (including phenoxy) is 1. The quantitative estimate of drug-likeness (QED) is 0.862. The fourth-order valence-corrected chi connectivity index (χ4v) is 2.43. The Labute approximate surface area is 127 Å². The molecule has 110 valence electrons. The van der Waals surface area contributed by atoms with Crippen LogP contribution in [0.25, 0.3) is 6.08 Å². The standard InChI is InChI=1S/C15H17N3O2S/c1-4-14-17-18-15(21-14)16-13(19)8-6-11-9-10(2)5-7-12(11)20-3/h5-9H,4H2,1-3H3,(H,16,18,19). The monoisotopic (exact) mass is 303 g/mol. The summed E-state index contributed by atoms with van der Waals surface area (Å²) < 4.78 is 5.27. The first-order valence-electron chi connectivity index (χ1n) is 6.58. The van der Waals surface area contributed by atoms with Gasteiger partial charge in [-0.15, -0.1) is 10.2 Å². The zero-order valence-electron chi connectivity index (χ0n) is 12.2. The number of nitrogens with one attached hydrogen (secondary N) is 1. The van der Waals surface area contributed by atoms with Gasteiger partial charge < -0.3 is 4.74 Å². The van der Waals surface area contributed by atoms with E-state index in [2.05, 4.69) is 15.5 Å². The molecule has 0 saturated carbocycles. The smallest absolute Gasteiger partial charge is 0.250 e. The molecule has 0 spiro atoms. The Balaban J connectivity index is 2.06. The number of nitrogens with zero attached hydrogens (tertiary/aromatic N) is 2. The lowest BCUT2D eigenvalue weighted by molar-refractivity contribution is -0.111. The maximum Gasteiger partial charge on any atom is 0.250 e. The van der Waals surface area contributed by atoms with Gasteiger partial charge in [0, 0.05) is 11.6 Å². The number of hydrogen-bond acceptors (Lipinski definition) is 5. The van der Waals surface area contributed by atoms with Gasteiger partial charge in [0.15, 0.2) is 0 Å². The van der Waals surface area contributed by atoms with Gasteiger partial charge in [-0.1, -0.05) is 29.9 Å². The van der Waals surface area contributed by atoms with Gasteiger partial charge >= 0.3 is 0 Å². The number of amides is 1. The van der Waals surface area contributed by atoms with Crippen molar-refractivity contribution in [1.82, 2.24) is 10.2 Å². The predicted molar refractivity (Wildman–Crippen MR) is 84.7 cm³/mol. The Bertz CT molecular complexity index is 665. The van der Waals surface area contributed by atoms with Gasteiger partial charge in [-0.05, 0) is 31.6 Å². The van der Waals surface area contributed by atoms with Crippen molar-refractivity contribution in [3.8, 4) is 5.75 Å². The summed E-state index contributed by atoms with van der Waals surface area (Å²) in [6, 6.07) is 5.80. The molecule has 5 nitrogen and oxygen atoms in total. The van der Waals surface area contributed by atoms with E-state index in [-0.39, 0.29) is 5.91 Å². The minimum atomic E-state index is -0.239. The van der Waals surface area contributed by atoms with E-state index in [9.17, 15) is 4.79 Å². The molecule has 0 saturated heterocycles. The van der Waals surface area contributed by atoms with E-state index in [1.165, 1.54) is 17.4 Å². The second-order valence-corrected chi connectivity index (χ2v) is 5.48. The van der Waals surface area contributed by atoms with Crippen molar-refractivity contribution in [1.29, 1.82) is 0 Å². The average Bonchev–Trinajstić information content (AvgIpc) is 2.93. The average molecular weight is 303 g/mol. The van der Waals surface area contributed by atoms with E-state index in [4.69, 9.17) is 4.74 Å². The SMILES string of the molecule is CCc1nnc(NC(=O)C=Cc2cc(C)ccc2OC)s1.